The number of rotatable bonds is 3. The van der Waals surface area contributed by atoms with Crippen molar-refractivity contribution in [2.45, 2.75) is 0 Å². The summed E-state index contributed by atoms with van der Waals surface area (Å²) in [5.41, 5.74) is 8.20. The van der Waals surface area contributed by atoms with Crippen molar-refractivity contribution in [2.24, 2.45) is 0 Å². The maximum atomic E-state index is 12.9. The van der Waals surface area contributed by atoms with E-state index in [4.69, 9.17) is 28.9 Å². The third-order valence-electron chi connectivity index (χ3n) is 3.54. The van der Waals surface area contributed by atoms with Gasteiger partial charge in [0.15, 0.2) is 0 Å². The summed E-state index contributed by atoms with van der Waals surface area (Å²) in [4.78, 5) is 14.5. The van der Waals surface area contributed by atoms with Gasteiger partial charge < -0.3 is 11.1 Å². The van der Waals surface area contributed by atoms with Crippen molar-refractivity contribution in [2.75, 3.05) is 16.0 Å². The van der Waals surface area contributed by atoms with Gasteiger partial charge in [0.2, 0.25) is 0 Å². The number of urea groups is 1. The molecule has 3 rings (SSSR count). The van der Waals surface area contributed by atoms with Crippen LogP contribution in [0.1, 0.15) is 0 Å². The van der Waals surface area contributed by atoms with Crippen molar-refractivity contribution in [1.82, 2.24) is 0 Å². The molecule has 6 heteroatoms. The molecule has 126 valence electrons. The summed E-state index contributed by atoms with van der Waals surface area (Å²) >= 11 is 12.1. The Morgan fingerprint density at radius 2 is 1.52 bits per heavy atom. The summed E-state index contributed by atoms with van der Waals surface area (Å²) < 4.78 is 0. The van der Waals surface area contributed by atoms with Crippen LogP contribution in [0, 0.1) is 0 Å². The van der Waals surface area contributed by atoms with E-state index in [0.717, 1.165) is 0 Å². The highest BCUT2D eigenvalue weighted by Gasteiger charge is 2.19. The van der Waals surface area contributed by atoms with Crippen LogP contribution < -0.4 is 16.0 Å². The van der Waals surface area contributed by atoms with Crippen LogP contribution in [0.4, 0.5) is 27.5 Å². The summed E-state index contributed by atoms with van der Waals surface area (Å²) in [6.07, 6.45) is 0. The van der Waals surface area contributed by atoms with Crippen LogP contribution >= 0.6 is 23.2 Å². The molecule has 2 amide bonds. The Morgan fingerprint density at radius 1 is 0.880 bits per heavy atom. The number of para-hydroxylation sites is 1. The Morgan fingerprint density at radius 3 is 2.20 bits per heavy atom. The minimum atomic E-state index is -0.361. The molecule has 3 aromatic carbocycles. The lowest BCUT2D eigenvalue weighted by Gasteiger charge is -2.24. The Hall–Kier alpha value is -2.69. The Labute approximate surface area is 155 Å². The minimum absolute atomic E-state index is 0.361. The summed E-state index contributed by atoms with van der Waals surface area (Å²) in [6, 6.07) is 20.9. The van der Waals surface area contributed by atoms with E-state index in [1.54, 1.807) is 42.5 Å². The zero-order chi connectivity index (χ0) is 17.8. The number of carbonyl (C=O) groups excluding carboxylic acids is 1. The number of nitrogens with zero attached hydrogens (tertiary/aromatic N) is 1. The number of benzene rings is 3. The average molecular weight is 372 g/mol. The Balaban J connectivity index is 1.98. The van der Waals surface area contributed by atoms with Crippen LogP contribution in [0.5, 0.6) is 0 Å². The fourth-order valence-corrected chi connectivity index (χ4v) is 2.69. The maximum Gasteiger partial charge on any atom is 0.330 e. The van der Waals surface area contributed by atoms with Gasteiger partial charge in [0.25, 0.3) is 0 Å². The molecule has 3 N–H and O–H groups in total. The van der Waals surface area contributed by atoms with E-state index >= 15 is 0 Å². The molecule has 0 radical (unpaired) electrons. The molecule has 0 aromatic heterocycles. The highest BCUT2D eigenvalue weighted by molar-refractivity contribution is 6.35. The molecule has 0 unspecified atom stereocenters. The highest BCUT2D eigenvalue weighted by atomic mass is 35.5. The van der Waals surface area contributed by atoms with E-state index in [0.29, 0.717) is 32.8 Å². The van der Waals surface area contributed by atoms with E-state index in [1.165, 1.54) is 4.90 Å². The smallest absolute Gasteiger partial charge is 0.330 e. The molecule has 0 heterocycles. The number of nitrogen functional groups attached to an aromatic ring is 1. The fourth-order valence-electron chi connectivity index (χ4n) is 2.35. The molecule has 0 atom stereocenters. The summed E-state index contributed by atoms with van der Waals surface area (Å²) in [5, 5.41) is 3.69. The van der Waals surface area contributed by atoms with Crippen LogP contribution in [-0.4, -0.2) is 6.03 Å². The first-order valence-electron chi connectivity index (χ1n) is 7.51. The van der Waals surface area contributed by atoms with Crippen molar-refractivity contribution in [3.05, 3.63) is 82.8 Å². The van der Waals surface area contributed by atoms with E-state index in [-0.39, 0.29) is 6.03 Å². The molecule has 0 bridgehead atoms. The van der Waals surface area contributed by atoms with E-state index < -0.39 is 0 Å². The molecule has 0 spiro atoms. The quantitative estimate of drug-likeness (QED) is 0.559. The van der Waals surface area contributed by atoms with Crippen LogP contribution in [0.15, 0.2) is 72.8 Å². The molecule has 4 nitrogen and oxygen atoms in total. The van der Waals surface area contributed by atoms with Crippen LogP contribution in [0.3, 0.4) is 0 Å². The highest BCUT2D eigenvalue weighted by Crippen LogP contribution is 2.30. The predicted molar refractivity (Wildman–Crippen MR) is 105 cm³/mol. The van der Waals surface area contributed by atoms with Gasteiger partial charge in [-0.3, -0.25) is 4.90 Å². The molecule has 0 saturated carbocycles. The standard InChI is InChI=1S/C19H15Cl2N3O/c20-13-6-11-17(21)18(12-13)23-19(25)24(15-4-2-1-3-5-15)16-9-7-14(22)8-10-16/h1-12H,22H2,(H,23,25). The van der Waals surface area contributed by atoms with Crippen LogP contribution in [0.25, 0.3) is 0 Å². The molecule has 3 aromatic rings. The SMILES string of the molecule is Nc1ccc(N(C(=O)Nc2cc(Cl)ccc2Cl)c2ccccc2)cc1. The van der Waals surface area contributed by atoms with Gasteiger partial charge in [0.1, 0.15) is 0 Å². The molecule has 0 aliphatic carbocycles. The van der Waals surface area contributed by atoms with Gasteiger partial charge >= 0.3 is 6.03 Å². The molecule has 0 aliphatic heterocycles. The molecule has 0 saturated heterocycles. The lowest BCUT2D eigenvalue weighted by Crippen LogP contribution is -2.30. The minimum Gasteiger partial charge on any atom is -0.399 e. The van der Waals surface area contributed by atoms with Gasteiger partial charge in [0.05, 0.1) is 22.1 Å². The van der Waals surface area contributed by atoms with Crippen molar-refractivity contribution in [3.63, 3.8) is 0 Å². The van der Waals surface area contributed by atoms with Crippen LogP contribution in [0.2, 0.25) is 10.0 Å². The number of amides is 2. The normalized spacial score (nSPS) is 10.3. The molecule has 25 heavy (non-hydrogen) atoms. The summed E-state index contributed by atoms with van der Waals surface area (Å²) in [7, 11) is 0. The largest absolute Gasteiger partial charge is 0.399 e. The number of hydrogen-bond donors (Lipinski definition) is 2. The second-order valence-electron chi connectivity index (χ2n) is 5.32. The van der Waals surface area contributed by atoms with Crippen molar-refractivity contribution < 1.29 is 4.79 Å². The number of nitrogens with two attached hydrogens (primary N) is 1. The molecule has 0 aliphatic rings. The van der Waals surface area contributed by atoms with Gasteiger partial charge in [-0.15, -0.1) is 0 Å². The monoisotopic (exact) mass is 371 g/mol. The lowest BCUT2D eigenvalue weighted by atomic mass is 10.2. The zero-order valence-electron chi connectivity index (χ0n) is 13.1. The summed E-state index contributed by atoms with van der Waals surface area (Å²) in [6.45, 7) is 0. The lowest BCUT2D eigenvalue weighted by molar-refractivity contribution is 0.259. The van der Waals surface area contributed by atoms with Gasteiger partial charge in [-0.25, -0.2) is 4.79 Å². The number of anilines is 4. The molecule has 0 fully saturated rings. The Kier molecular flexibility index (Phi) is 5.12. The van der Waals surface area contributed by atoms with Crippen molar-refractivity contribution in [3.8, 4) is 0 Å². The number of carbonyl (C=O) groups is 1. The first-order valence-corrected chi connectivity index (χ1v) is 8.27. The topological polar surface area (TPSA) is 58.4 Å². The van der Waals surface area contributed by atoms with Crippen molar-refractivity contribution in [1.29, 1.82) is 0 Å². The molecular weight excluding hydrogens is 357 g/mol. The molecular formula is C19H15Cl2N3O. The Bertz CT molecular complexity index is 883. The fraction of sp³-hybridized carbons (Fsp3) is 0. The second-order valence-corrected chi connectivity index (χ2v) is 6.16. The average Bonchev–Trinajstić information content (AvgIpc) is 2.61. The first-order chi connectivity index (χ1) is 12.0. The predicted octanol–water partition coefficient (Wildman–Crippen LogP) is 5.95. The summed E-state index contributed by atoms with van der Waals surface area (Å²) in [5.74, 6) is 0. The third kappa shape index (κ3) is 4.05. The number of halogens is 2. The van der Waals surface area contributed by atoms with E-state index in [9.17, 15) is 4.79 Å². The van der Waals surface area contributed by atoms with Gasteiger partial charge in [-0.1, -0.05) is 41.4 Å². The maximum absolute atomic E-state index is 12.9. The zero-order valence-corrected chi connectivity index (χ0v) is 14.6. The van der Waals surface area contributed by atoms with Crippen LogP contribution in [-0.2, 0) is 0 Å². The van der Waals surface area contributed by atoms with Crippen molar-refractivity contribution >= 4 is 52.0 Å². The van der Waals surface area contributed by atoms with Gasteiger partial charge in [0, 0.05) is 10.7 Å². The number of hydrogen-bond acceptors (Lipinski definition) is 2. The number of nitrogens with one attached hydrogen (secondary N) is 1. The first kappa shape index (κ1) is 17.1. The van der Waals surface area contributed by atoms with E-state index in [2.05, 4.69) is 5.32 Å². The van der Waals surface area contributed by atoms with Gasteiger partial charge in [-0.05, 0) is 54.6 Å². The van der Waals surface area contributed by atoms with E-state index in [1.807, 2.05) is 30.3 Å². The second kappa shape index (κ2) is 7.47. The third-order valence-corrected chi connectivity index (χ3v) is 4.10. The van der Waals surface area contributed by atoms with Gasteiger partial charge in [-0.2, -0.15) is 0 Å².